The van der Waals surface area contributed by atoms with E-state index in [2.05, 4.69) is 5.32 Å². The van der Waals surface area contributed by atoms with Gasteiger partial charge in [0.15, 0.2) is 0 Å². The van der Waals surface area contributed by atoms with E-state index in [-0.39, 0.29) is 22.0 Å². The van der Waals surface area contributed by atoms with E-state index in [0.717, 1.165) is 4.90 Å². The number of fused-ring (bicyclic) bond motifs is 2. The maximum Gasteiger partial charge on any atom is 0.356 e. The van der Waals surface area contributed by atoms with E-state index in [4.69, 9.17) is 4.74 Å². The van der Waals surface area contributed by atoms with Gasteiger partial charge in [0.05, 0.1) is 10.6 Å². The monoisotopic (exact) mass is 517 g/mol. The van der Waals surface area contributed by atoms with Crippen LogP contribution in [-0.4, -0.2) is 44.2 Å². The molecule has 2 unspecified atom stereocenters. The Morgan fingerprint density at radius 3 is 1.97 bits per heavy atom. The van der Waals surface area contributed by atoms with Gasteiger partial charge in [-0.2, -0.15) is 0 Å². The zero-order chi connectivity index (χ0) is 25.4. The summed E-state index contributed by atoms with van der Waals surface area (Å²) in [6, 6.07) is 10.7. The topological polar surface area (TPSA) is 176 Å². The van der Waals surface area contributed by atoms with Crippen molar-refractivity contribution in [3.05, 3.63) is 83.6 Å². The van der Waals surface area contributed by atoms with Crippen LogP contribution in [0.25, 0.3) is 6.08 Å². The number of amides is 2. The maximum atomic E-state index is 12.1. The van der Waals surface area contributed by atoms with Crippen LogP contribution in [0, 0.1) is 0 Å². The van der Waals surface area contributed by atoms with E-state index in [1.54, 1.807) is 24.3 Å². The minimum Gasteiger partial charge on any atom is -0.334 e. The Labute approximate surface area is 199 Å². The van der Waals surface area contributed by atoms with Crippen molar-refractivity contribution in [2.75, 3.05) is 4.90 Å². The molecule has 2 aromatic rings. The first-order chi connectivity index (χ1) is 16.5. The number of ether oxygens (including phenoxy) is 1. The summed E-state index contributed by atoms with van der Waals surface area (Å²) in [5.41, 5.74) is -0.0619. The molecule has 0 saturated heterocycles. The minimum absolute atomic E-state index is 0.123. The Balaban J connectivity index is 1.70. The van der Waals surface area contributed by atoms with Crippen molar-refractivity contribution < 1.29 is 43.0 Å². The summed E-state index contributed by atoms with van der Waals surface area (Å²) in [5.74, 6) is 0. The minimum atomic E-state index is -4.48. The van der Waals surface area contributed by atoms with Gasteiger partial charge in [-0.15, -0.1) is 0 Å². The molecule has 13 heteroatoms. The van der Waals surface area contributed by atoms with E-state index in [1.807, 2.05) is 0 Å². The lowest BCUT2D eigenvalue weighted by molar-refractivity contribution is -0.112. The summed E-state index contributed by atoms with van der Waals surface area (Å²) < 4.78 is 28.9. The molecule has 0 saturated carbocycles. The summed E-state index contributed by atoms with van der Waals surface area (Å²) >= 11 is 0. The first kappa shape index (κ1) is 25.0. The number of benzene rings is 2. The van der Waals surface area contributed by atoms with Gasteiger partial charge in [-0.05, 0) is 48.0 Å². The molecule has 11 nitrogen and oxygen atoms in total. The molecule has 2 aromatic carbocycles. The molecule has 0 spiro atoms. The van der Waals surface area contributed by atoms with Gasteiger partial charge in [-0.1, -0.05) is 30.4 Å². The van der Waals surface area contributed by atoms with Crippen molar-refractivity contribution >= 4 is 50.4 Å². The number of anilines is 1. The average molecular weight is 517 g/mol. The third kappa shape index (κ3) is 4.71. The highest BCUT2D eigenvalue weighted by Crippen LogP contribution is 2.46. The summed E-state index contributed by atoms with van der Waals surface area (Å²) in [6.07, 6.45) is 6.66. The van der Waals surface area contributed by atoms with Gasteiger partial charge >= 0.3 is 15.2 Å². The molecule has 4 N–H and O–H groups in total. The molecule has 0 fully saturated rings. The first-order valence-electron chi connectivity index (χ1n) is 10.0. The third-order valence-electron chi connectivity index (χ3n) is 5.52. The van der Waals surface area contributed by atoms with Crippen molar-refractivity contribution in [3.63, 3.8) is 0 Å². The number of carbonyl (C=O) groups is 2. The van der Waals surface area contributed by atoms with Crippen LogP contribution in [0.1, 0.15) is 5.56 Å². The van der Waals surface area contributed by atoms with Crippen molar-refractivity contribution in [2.24, 2.45) is 0 Å². The smallest absolute Gasteiger partial charge is 0.334 e. The van der Waals surface area contributed by atoms with Crippen LogP contribution in [0.15, 0.2) is 78.0 Å². The maximum absolute atomic E-state index is 12.1. The van der Waals surface area contributed by atoms with Gasteiger partial charge in [0.2, 0.25) is 18.5 Å². The number of nitrogens with zero attached hydrogens (tertiary/aromatic N) is 2. The second-order valence-corrected chi connectivity index (χ2v) is 10.8. The number of carbonyl (C=O) groups excluding carboxylic acids is 2. The highest BCUT2D eigenvalue weighted by molar-refractivity contribution is 7.60. The molecule has 4 rings (SSSR count). The molecule has 2 atom stereocenters. The van der Waals surface area contributed by atoms with Gasteiger partial charge in [0.1, 0.15) is 11.8 Å². The number of rotatable bonds is 9. The Kier molecular flexibility index (Phi) is 6.52. The largest absolute Gasteiger partial charge is 0.356 e. The normalized spacial score (nSPS) is 21.5. The fourth-order valence-electron chi connectivity index (χ4n) is 3.88. The predicted molar refractivity (Wildman–Crippen MR) is 126 cm³/mol. The van der Waals surface area contributed by atoms with E-state index in [0.29, 0.717) is 24.0 Å². The SMILES string of the molecule is O=C[N]C1=C(C=Cc2ccc(P(=O)(O)O)cc2)C2C=CC1(N(C=O)c1ccc(P(=O)(O)O)cc1)O2. The Morgan fingerprint density at radius 2 is 1.46 bits per heavy atom. The number of hydrogen-bond donors (Lipinski definition) is 4. The Bertz CT molecular complexity index is 1340. The second kappa shape index (κ2) is 9.14. The van der Waals surface area contributed by atoms with Gasteiger partial charge in [0.25, 0.3) is 0 Å². The molecular weight excluding hydrogens is 498 g/mol. The van der Waals surface area contributed by atoms with Crippen molar-refractivity contribution in [2.45, 2.75) is 11.8 Å². The van der Waals surface area contributed by atoms with E-state index < -0.39 is 27.0 Å². The lowest BCUT2D eigenvalue weighted by atomic mass is 9.96. The highest BCUT2D eigenvalue weighted by Gasteiger charge is 2.53. The molecule has 181 valence electrons. The van der Waals surface area contributed by atoms with Gasteiger partial charge in [-0.3, -0.25) is 23.6 Å². The second-order valence-electron chi connectivity index (χ2n) is 7.64. The van der Waals surface area contributed by atoms with Crippen LogP contribution in [0.3, 0.4) is 0 Å². The Morgan fingerprint density at radius 1 is 0.886 bits per heavy atom. The van der Waals surface area contributed by atoms with E-state index >= 15 is 0 Å². The van der Waals surface area contributed by atoms with Crippen LogP contribution < -0.4 is 20.8 Å². The van der Waals surface area contributed by atoms with Crippen LogP contribution in [-0.2, 0) is 23.5 Å². The quantitative estimate of drug-likeness (QED) is 0.211. The van der Waals surface area contributed by atoms with Gasteiger partial charge < -0.3 is 24.3 Å². The van der Waals surface area contributed by atoms with Crippen LogP contribution >= 0.6 is 15.2 Å². The highest BCUT2D eigenvalue weighted by atomic mass is 31.2. The molecule has 2 amide bonds. The standard InChI is InChI=1S/C22H19N2O9P2/c25-13-23-21-19(10-3-15-1-6-17(7-2-15)34(27,28)29)20-11-12-22(21,33-20)24(14-26)16-4-8-18(9-5-16)35(30,31)32/h1-14,20H,(H2,27,28,29)(H2,30,31,32). The molecular formula is C22H19N2O9P2. The van der Waals surface area contributed by atoms with Crippen molar-refractivity contribution in [1.29, 1.82) is 0 Å². The molecule has 35 heavy (non-hydrogen) atoms. The molecule has 0 aliphatic carbocycles. The molecule has 2 aliphatic rings. The lowest BCUT2D eigenvalue weighted by Gasteiger charge is -2.35. The summed E-state index contributed by atoms with van der Waals surface area (Å²) in [6.45, 7) is 0. The molecule has 2 heterocycles. The van der Waals surface area contributed by atoms with Crippen LogP contribution in [0.2, 0.25) is 0 Å². The lowest BCUT2D eigenvalue weighted by Crippen LogP contribution is -2.49. The summed E-state index contributed by atoms with van der Waals surface area (Å²) in [4.78, 5) is 61.8. The predicted octanol–water partition coefficient (Wildman–Crippen LogP) is 0.649. The summed E-state index contributed by atoms with van der Waals surface area (Å²) in [7, 11) is -8.85. The molecule has 0 aromatic heterocycles. The van der Waals surface area contributed by atoms with Crippen LogP contribution in [0.5, 0.6) is 0 Å². The van der Waals surface area contributed by atoms with Gasteiger partial charge in [0, 0.05) is 11.3 Å². The van der Waals surface area contributed by atoms with Crippen molar-refractivity contribution in [1.82, 2.24) is 5.32 Å². The third-order valence-corrected chi connectivity index (χ3v) is 7.46. The summed E-state index contributed by atoms with van der Waals surface area (Å²) in [5, 5.41) is 3.57. The van der Waals surface area contributed by atoms with E-state index in [1.165, 1.54) is 48.5 Å². The zero-order valence-electron chi connectivity index (χ0n) is 17.8. The van der Waals surface area contributed by atoms with Gasteiger partial charge in [-0.25, -0.2) is 5.32 Å². The fraction of sp³-hybridized carbons (Fsp3) is 0.0909. The molecule has 1 radical (unpaired) electrons. The fourth-order valence-corrected chi connectivity index (χ4v) is 4.96. The van der Waals surface area contributed by atoms with E-state index in [9.17, 15) is 38.3 Å². The molecule has 2 bridgehead atoms. The zero-order valence-corrected chi connectivity index (χ0v) is 19.6. The van der Waals surface area contributed by atoms with Crippen molar-refractivity contribution in [3.8, 4) is 0 Å². The number of hydrogen-bond acceptors (Lipinski definition) is 5. The Hall–Kier alpha value is -3.14. The first-order valence-corrected chi connectivity index (χ1v) is 13.2. The average Bonchev–Trinajstić information content (AvgIpc) is 3.35. The molecule has 2 aliphatic heterocycles. The van der Waals surface area contributed by atoms with Crippen LogP contribution in [0.4, 0.5) is 5.69 Å².